The number of carbonyl (C=O) groups is 1. The number of fused-ring (bicyclic) bond motifs is 1. The molecule has 0 fully saturated rings. The summed E-state index contributed by atoms with van der Waals surface area (Å²) in [5, 5.41) is 10.0. The first kappa shape index (κ1) is 16.6. The number of carboxylic acids is 1. The van der Waals surface area contributed by atoms with Crippen LogP contribution in [0.2, 0.25) is 0 Å². The molecule has 2 aromatic rings. The monoisotopic (exact) mass is 301 g/mol. The van der Waals surface area contributed by atoms with Crippen LogP contribution in [0, 0.1) is 0 Å². The van der Waals surface area contributed by atoms with E-state index in [-0.39, 0.29) is 0 Å². The lowest BCUT2D eigenvalue weighted by molar-refractivity contribution is 0.0697. The Balaban J connectivity index is 1.76. The molecule has 0 spiro atoms. The normalized spacial score (nSPS) is 11.1. The molecule has 1 aromatic heterocycles. The van der Waals surface area contributed by atoms with Crippen LogP contribution in [0.15, 0.2) is 30.5 Å². The molecule has 120 valence electrons. The third-order valence-corrected chi connectivity index (χ3v) is 4.27. The summed E-state index contributed by atoms with van der Waals surface area (Å²) in [4.78, 5) is 11.0. The van der Waals surface area contributed by atoms with Gasteiger partial charge >= 0.3 is 5.97 Å². The van der Waals surface area contributed by atoms with Gasteiger partial charge in [-0.05, 0) is 30.7 Å². The van der Waals surface area contributed by atoms with Crippen molar-refractivity contribution in [3.63, 3.8) is 0 Å². The van der Waals surface area contributed by atoms with Crippen molar-refractivity contribution < 1.29 is 9.90 Å². The molecule has 0 amide bonds. The molecular formula is C19H27NO2. The highest BCUT2D eigenvalue weighted by Gasteiger charge is 2.06. The van der Waals surface area contributed by atoms with Crippen molar-refractivity contribution in [2.45, 2.75) is 64.8 Å². The molecule has 1 heterocycles. The van der Waals surface area contributed by atoms with E-state index in [4.69, 9.17) is 5.11 Å². The first-order chi connectivity index (χ1) is 10.7. The molecule has 0 saturated carbocycles. The predicted molar refractivity (Wildman–Crippen MR) is 91.5 cm³/mol. The average molecular weight is 301 g/mol. The molecule has 0 atom stereocenters. The quantitative estimate of drug-likeness (QED) is 0.590. The summed E-state index contributed by atoms with van der Waals surface area (Å²) in [6, 6.07) is 7.37. The zero-order valence-corrected chi connectivity index (χ0v) is 13.6. The number of nitrogens with zero attached hydrogens (tertiary/aromatic N) is 1. The average Bonchev–Trinajstić information content (AvgIpc) is 2.92. The van der Waals surface area contributed by atoms with Crippen LogP contribution in [0.5, 0.6) is 0 Å². The van der Waals surface area contributed by atoms with Crippen LogP contribution in [0.25, 0.3) is 10.9 Å². The molecular weight excluding hydrogens is 274 g/mol. The van der Waals surface area contributed by atoms with Gasteiger partial charge in [-0.2, -0.15) is 0 Å². The smallest absolute Gasteiger partial charge is 0.335 e. The van der Waals surface area contributed by atoms with Crippen molar-refractivity contribution >= 4 is 16.9 Å². The largest absolute Gasteiger partial charge is 0.478 e. The van der Waals surface area contributed by atoms with Crippen molar-refractivity contribution in [1.82, 2.24) is 4.57 Å². The van der Waals surface area contributed by atoms with E-state index in [1.165, 1.54) is 51.4 Å². The molecule has 0 bridgehead atoms. The van der Waals surface area contributed by atoms with Crippen molar-refractivity contribution in [2.24, 2.45) is 0 Å². The lowest BCUT2D eigenvalue weighted by Gasteiger charge is -2.06. The van der Waals surface area contributed by atoms with Gasteiger partial charge in [-0.25, -0.2) is 4.79 Å². The minimum Gasteiger partial charge on any atom is -0.478 e. The van der Waals surface area contributed by atoms with E-state index in [2.05, 4.69) is 17.7 Å². The number of unbranched alkanes of at least 4 members (excludes halogenated alkanes) is 7. The summed E-state index contributed by atoms with van der Waals surface area (Å²) < 4.78 is 2.23. The number of hydrogen-bond acceptors (Lipinski definition) is 1. The summed E-state index contributed by atoms with van der Waals surface area (Å²) in [6.07, 6.45) is 12.6. The standard InChI is InChI=1S/C19H27NO2/c1-2-3-4-5-6-7-8-9-13-20-14-12-16-15-17(19(21)22)10-11-18(16)20/h10-12,14-15H,2-9,13H2,1H3,(H,21,22). The maximum Gasteiger partial charge on any atom is 0.335 e. The minimum atomic E-state index is -0.863. The summed E-state index contributed by atoms with van der Waals surface area (Å²) in [6.45, 7) is 3.27. The van der Waals surface area contributed by atoms with E-state index in [9.17, 15) is 4.79 Å². The van der Waals surface area contributed by atoms with E-state index in [1.807, 2.05) is 12.1 Å². The lowest BCUT2D eigenvalue weighted by atomic mass is 10.1. The summed E-state index contributed by atoms with van der Waals surface area (Å²) in [5.74, 6) is -0.863. The molecule has 2 rings (SSSR count). The van der Waals surface area contributed by atoms with Crippen LogP contribution in [0.1, 0.15) is 68.6 Å². The lowest BCUT2D eigenvalue weighted by Crippen LogP contribution is -1.98. The zero-order chi connectivity index (χ0) is 15.8. The Labute approximate surface area is 133 Å². The van der Waals surface area contributed by atoms with Gasteiger partial charge in [-0.15, -0.1) is 0 Å². The number of rotatable bonds is 10. The van der Waals surface area contributed by atoms with E-state index >= 15 is 0 Å². The Morgan fingerprint density at radius 2 is 1.68 bits per heavy atom. The third-order valence-electron chi connectivity index (χ3n) is 4.27. The molecule has 0 radical (unpaired) electrons. The summed E-state index contributed by atoms with van der Waals surface area (Å²) in [5.41, 5.74) is 1.49. The molecule has 0 aliphatic heterocycles. The van der Waals surface area contributed by atoms with E-state index in [0.717, 1.165) is 17.4 Å². The highest BCUT2D eigenvalue weighted by atomic mass is 16.4. The topological polar surface area (TPSA) is 42.2 Å². The molecule has 22 heavy (non-hydrogen) atoms. The van der Waals surface area contributed by atoms with Crippen LogP contribution in [0.4, 0.5) is 0 Å². The van der Waals surface area contributed by atoms with Crippen molar-refractivity contribution in [2.75, 3.05) is 0 Å². The second kappa shape index (κ2) is 8.62. The van der Waals surface area contributed by atoms with Crippen LogP contribution >= 0.6 is 0 Å². The zero-order valence-electron chi connectivity index (χ0n) is 13.6. The SMILES string of the molecule is CCCCCCCCCCn1ccc2cc(C(=O)O)ccc21. The number of aryl methyl sites for hydroxylation is 1. The number of hydrogen-bond donors (Lipinski definition) is 1. The van der Waals surface area contributed by atoms with Crippen molar-refractivity contribution in [3.05, 3.63) is 36.0 Å². The van der Waals surface area contributed by atoms with Gasteiger partial charge in [0.1, 0.15) is 0 Å². The van der Waals surface area contributed by atoms with Gasteiger partial charge in [0.25, 0.3) is 0 Å². The molecule has 0 unspecified atom stereocenters. The Morgan fingerprint density at radius 3 is 2.36 bits per heavy atom. The second-order valence-electron chi connectivity index (χ2n) is 6.06. The van der Waals surface area contributed by atoms with E-state index < -0.39 is 5.97 Å². The van der Waals surface area contributed by atoms with Crippen LogP contribution in [-0.2, 0) is 6.54 Å². The fourth-order valence-corrected chi connectivity index (χ4v) is 2.94. The Kier molecular flexibility index (Phi) is 6.50. The van der Waals surface area contributed by atoms with E-state index in [1.54, 1.807) is 12.1 Å². The molecule has 0 saturated heterocycles. The minimum absolute atomic E-state index is 0.359. The molecule has 3 nitrogen and oxygen atoms in total. The summed E-state index contributed by atoms with van der Waals surface area (Å²) >= 11 is 0. The van der Waals surface area contributed by atoms with Crippen LogP contribution in [0.3, 0.4) is 0 Å². The molecule has 0 aliphatic rings. The number of aromatic carboxylic acids is 1. The second-order valence-corrected chi connectivity index (χ2v) is 6.06. The summed E-state index contributed by atoms with van der Waals surface area (Å²) in [7, 11) is 0. The van der Waals surface area contributed by atoms with Gasteiger partial charge in [-0.1, -0.05) is 51.9 Å². The first-order valence-corrected chi connectivity index (χ1v) is 8.54. The van der Waals surface area contributed by atoms with Gasteiger partial charge in [0.2, 0.25) is 0 Å². The maximum atomic E-state index is 11.0. The van der Waals surface area contributed by atoms with Crippen molar-refractivity contribution in [1.29, 1.82) is 0 Å². The molecule has 0 aliphatic carbocycles. The number of carboxylic acid groups (broad SMARTS) is 1. The van der Waals surface area contributed by atoms with Gasteiger partial charge < -0.3 is 9.67 Å². The van der Waals surface area contributed by atoms with Gasteiger partial charge in [-0.3, -0.25) is 0 Å². The van der Waals surface area contributed by atoms with E-state index in [0.29, 0.717) is 5.56 Å². The molecule has 1 aromatic carbocycles. The fourth-order valence-electron chi connectivity index (χ4n) is 2.94. The fraction of sp³-hybridized carbons (Fsp3) is 0.526. The van der Waals surface area contributed by atoms with Gasteiger partial charge in [0, 0.05) is 23.6 Å². The van der Waals surface area contributed by atoms with Gasteiger partial charge in [0.15, 0.2) is 0 Å². The Bertz CT molecular complexity index is 601. The molecule has 3 heteroatoms. The maximum absolute atomic E-state index is 11.0. The number of benzene rings is 1. The predicted octanol–water partition coefficient (Wildman–Crippen LogP) is 5.48. The first-order valence-electron chi connectivity index (χ1n) is 8.54. The van der Waals surface area contributed by atoms with Crippen LogP contribution in [-0.4, -0.2) is 15.6 Å². The number of aromatic nitrogens is 1. The Hall–Kier alpha value is -1.77. The molecule has 1 N–H and O–H groups in total. The highest BCUT2D eigenvalue weighted by Crippen LogP contribution is 2.19. The van der Waals surface area contributed by atoms with Crippen molar-refractivity contribution in [3.8, 4) is 0 Å². The Morgan fingerprint density at radius 1 is 1.00 bits per heavy atom. The van der Waals surface area contributed by atoms with Crippen LogP contribution < -0.4 is 0 Å². The third kappa shape index (κ3) is 4.62. The highest BCUT2D eigenvalue weighted by molar-refractivity contribution is 5.93. The van der Waals surface area contributed by atoms with Gasteiger partial charge in [0.05, 0.1) is 5.56 Å².